The Balaban J connectivity index is 1.88. The van der Waals surface area contributed by atoms with Crippen LogP contribution in [0, 0.1) is 5.82 Å². The summed E-state index contributed by atoms with van der Waals surface area (Å²) >= 11 is 16.8. The summed E-state index contributed by atoms with van der Waals surface area (Å²) in [7, 11) is 0. The van der Waals surface area contributed by atoms with Crippen molar-refractivity contribution in [2.45, 2.75) is 19.4 Å². The maximum atomic E-state index is 13.1. The largest absolute Gasteiger partial charge is 0.360 e. The highest BCUT2D eigenvalue weighted by Gasteiger charge is 2.07. The van der Waals surface area contributed by atoms with Gasteiger partial charge in [-0.25, -0.2) is 4.39 Å². The number of nitrogens with one attached hydrogen (secondary N) is 2. The van der Waals surface area contributed by atoms with Crippen molar-refractivity contribution in [3.8, 4) is 0 Å². The Morgan fingerprint density at radius 1 is 1.18 bits per heavy atom. The lowest BCUT2D eigenvalue weighted by Crippen LogP contribution is -2.37. The van der Waals surface area contributed by atoms with Crippen molar-refractivity contribution in [1.29, 1.82) is 0 Å². The van der Waals surface area contributed by atoms with Crippen molar-refractivity contribution in [3.63, 3.8) is 0 Å². The lowest BCUT2D eigenvalue weighted by atomic mass is 10.1. The highest BCUT2D eigenvalue weighted by atomic mass is 35.5. The first-order valence-electron chi connectivity index (χ1n) is 6.71. The summed E-state index contributed by atoms with van der Waals surface area (Å²) in [4.78, 5) is 0. The molecule has 2 aromatic carbocycles. The Morgan fingerprint density at radius 3 is 2.50 bits per heavy atom. The second kappa shape index (κ2) is 7.77. The summed E-state index contributed by atoms with van der Waals surface area (Å²) in [5, 5.41) is 7.40. The highest BCUT2D eigenvalue weighted by molar-refractivity contribution is 7.80. The molecule has 1 atom stereocenters. The molecule has 0 saturated heterocycles. The van der Waals surface area contributed by atoms with Crippen LogP contribution in [0.2, 0.25) is 10.0 Å². The quantitative estimate of drug-likeness (QED) is 0.749. The van der Waals surface area contributed by atoms with Gasteiger partial charge in [0.05, 0.1) is 5.02 Å². The highest BCUT2D eigenvalue weighted by Crippen LogP contribution is 2.19. The first-order valence-corrected chi connectivity index (χ1v) is 7.87. The Morgan fingerprint density at radius 2 is 1.86 bits per heavy atom. The average molecular weight is 357 g/mol. The normalized spacial score (nSPS) is 11.8. The van der Waals surface area contributed by atoms with Gasteiger partial charge in [-0.3, -0.25) is 0 Å². The second-order valence-electron chi connectivity index (χ2n) is 4.96. The second-order valence-corrected chi connectivity index (χ2v) is 6.21. The molecule has 0 aliphatic heterocycles. The molecular formula is C16H15Cl2FN2S. The summed E-state index contributed by atoms with van der Waals surface area (Å²) in [6, 6.07) is 12.2. The van der Waals surface area contributed by atoms with Crippen LogP contribution in [0.4, 0.5) is 10.1 Å². The third-order valence-corrected chi connectivity index (χ3v) is 3.77. The van der Waals surface area contributed by atoms with Gasteiger partial charge in [-0.05, 0) is 61.5 Å². The molecule has 0 aliphatic carbocycles. The predicted octanol–water partition coefficient (Wildman–Crippen LogP) is 5.05. The molecule has 6 heteroatoms. The molecule has 0 saturated carbocycles. The van der Waals surface area contributed by atoms with E-state index in [9.17, 15) is 4.39 Å². The SMILES string of the molecule is C[C@H](Cc1ccc(Cl)cc1)NC(=S)Nc1ccc(F)c(Cl)c1. The van der Waals surface area contributed by atoms with E-state index in [0.29, 0.717) is 10.8 Å². The third-order valence-electron chi connectivity index (χ3n) is 3.01. The number of anilines is 1. The Kier molecular flexibility index (Phi) is 6.00. The summed E-state index contributed by atoms with van der Waals surface area (Å²) in [5.74, 6) is -0.456. The molecule has 0 aromatic heterocycles. The van der Waals surface area contributed by atoms with Crippen LogP contribution >= 0.6 is 35.4 Å². The van der Waals surface area contributed by atoms with Gasteiger partial charge in [-0.2, -0.15) is 0 Å². The number of benzene rings is 2. The minimum absolute atomic E-state index is 0.0574. The van der Waals surface area contributed by atoms with Gasteiger partial charge in [0.25, 0.3) is 0 Å². The van der Waals surface area contributed by atoms with E-state index in [-0.39, 0.29) is 11.1 Å². The minimum Gasteiger partial charge on any atom is -0.360 e. The summed E-state index contributed by atoms with van der Waals surface area (Å²) < 4.78 is 13.1. The Hall–Kier alpha value is -1.36. The van der Waals surface area contributed by atoms with Crippen molar-refractivity contribution >= 4 is 46.2 Å². The van der Waals surface area contributed by atoms with Gasteiger partial charge in [0.2, 0.25) is 0 Å². The minimum atomic E-state index is -0.456. The first kappa shape index (κ1) is 17.0. The monoisotopic (exact) mass is 356 g/mol. The third kappa shape index (κ3) is 5.13. The van der Waals surface area contributed by atoms with E-state index in [0.717, 1.165) is 17.0 Å². The number of hydrogen-bond donors (Lipinski definition) is 2. The number of rotatable bonds is 4. The van der Waals surface area contributed by atoms with Gasteiger partial charge >= 0.3 is 0 Å². The van der Waals surface area contributed by atoms with E-state index in [1.165, 1.54) is 12.1 Å². The average Bonchev–Trinajstić information content (AvgIpc) is 2.45. The topological polar surface area (TPSA) is 24.1 Å². The molecule has 0 bridgehead atoms. The standard InChI is InChI=1S/C16H15Cl2FN2S/c1-10(8-11-2-4-12(17)5-3-11)20-16(22)21-13-6-7-15(19)14(18)9-13/h2-7,9-10H,8H2,1H3,(H2,20,21,22)/t10-/m1/s1. The molecule has 116 valence electrons. The zero-order valence-electron chi connectivity index (χ0n) is 11.9. The fourth-order valence-corrected chi connectivity index (χ4v) is 2.62. The van der Waals surface area contributed by atoms with Gasteiger partial charge < -0.3 is 10.6 Å². The molecule has 0 radical (unpaired) electrons. The van der Waals surface area contributed by atoms with Gasteiger partial charge in [0, 0.05) is 16.8 Å². The summed E-state index contributed by atoms with van der Waals surface area (Å²) in [5.41, 5.74) is 1.81. The van der Waals surface area contributed by atoms with Gasteiger partial charge in [-0.15, -0.1) is 0 Å². The number of halogens is 3. The van der Waals surface area contributed by atoms with Crippen molar-refractivity contribution in [2.24, 2.45) is 0 Å². The van der Waals surface area contributed by atoms with E-state index >= 15 is 0 Å². The molecule has 0 spiro atoms. The van der Waals surface area contributed by atoms with Crippen LogP contribution in [-0.2, 0) is 6.42 Å². The number of thiocarbonyl (C=S) groups is 1. The van der Waals surface area contributed by atoms with Crippen LogP contribution in [0.5, 0.6) is 0 Å². The summed E-state index contributed by atoms with van der Waals surface area (Å²) in [6.07, 6.45) is 0.809. The van der Waals surface area contributed by atoms with E-state index in [1.54, 1.807) is 6.07 Å². The molecule has 0 unspecified atom stereocenters. The van der Waals surface area contributed by atoms with E-state index in [2.05, 4.69) is 10.6 Å². The molecule has 2 nitrogen and oxygen atoms in total. The van der Waals surface area contributed by atoms with Gasteiger partial charge in [-0.1, -0.05) is 35.3 Å². The van der Waals surface area contributed by atoms with Crippen LogP contribution in [0.15, 0.2) is 42.5 Å². The molecular weight excluding hydrogens is 342 g/mol. The Bertz CT molecular complexity index is 662. The van der Waals surface area contributed by atoms with Crippen LogP contribution in [0.25, 0.3) is 0 Å². The molecule has 0 aliphatic rings. The van der Waals surface area contributed by atoms with Crippen LogP contribution in [0.1, 0.15) is 12.5 Å². The maximum Gasteiger partial charge on any atom is 0.170 e. The van der Waals surface area contributed by atoms with Crippen molar-refractivity contribution in [1.82, 2.24) is 5.32 Å². The molecule has 2 N–H and O–H groups in total. The molecule has 0 fully saturated rings. The first-order chi connectivity index (χ1) is 10.4. The zero-order chi connectivity index (χ0) is 16.1. The van der Waals surface area contributed by atoms with Crippen LogP contribution in [-0.4, -0.2) is 11.2 Å². The lowest BCUT2D eigenvalue weighted by Gasteiger charge is -2.17. The van der Waals surface area contributed by atoms with Crippen molar-refractivity contribution in [3.05, 3.63) is 63.9 Å². The van der Waals surface area contributed by atoms with E-state index < -0.39 is 5.82 Å². The van der Waals surface area contributed by atoms with Crippen molar-refractivity contribution < 1.29 is 4.39 Å². The van der Waals surface area contributed by atoms with E-state index in [1.807, 2.05) is 31.2 Å². The smallest absolute Gasteiger partial charge is 0.170 e. The fourth-order valence-electron chi connectivity index (χ4n) is 1.99. The van der Waals surface area contributed by atoms with Crippen LogP contribution in [0.3, 0.4) is 0 Å². The maximum absolute atomic E-state index is 13.1. The Labute approximate surface area is 144 Å². The van der Waals surface area contributed by atoms with Crippen molar-refractivity contribution in [2.75, 3.05) is 5.32 Å². The van der Waals surface area contributed by atoms with Crippen LogP contribution < -0.4 is 10.6 Å². The van der Waals surface area contributed by atoms with Gasteiger partial charge in [0.15, 0.2) is 5.11 Å². The molecule has 0 amide bonds. The summed E-state index contributed by atoms with van der Waals surface area (Å²) in [6.45, 7) is 2.03. The van der Waals surface area contributed by atoms with E-state index in [4.69, 9.17) is 35.4 Å². The molecule has 0 heterocycles. The molecule has 2 rings (SSSR count). The predicted molar refractivity (Wildman–Crippen MR) is 95.4 cm³/mol. The fraction of sp³-hybridized carbons (Fsp3) is 0.188. The van der Waals surface area contributed by atoms with Gasteiger partial charge in [0.1, 0.15) is 5.82 Å². The lowest BCUT2D eigenvalue weighted by molar-refractivity contribution is 0.628. The molecule has 22 heavy (non-hydrogen) atoms. The molecule has 2 aromatic rings. The number of hydrogen-bond acceptors (Lipinski definition) is 1. The zero-order valence-corrected chi connectivity index (χ0v) is 14.2.